The van der Waals surface area contributed by atoms with Crippen LogP contribution in [0.3, 0.4) is 0 Å². The van der Waals surface area contributed by atoms with Crippen molar-refractivity contribution in [1.29, 1.82) is 0 Å². The zero-order valence-electron chi connectivity index (χ0n) is 8.48. The second kappa shape index (κ2) is 7.44. The Bertz CT molecular complexity index is 171. The Kier molecular flexibility index (Phi) is 7.31. The van der Waals surface area contributed by atoms with Crippen LogP contribution in [0, 0.1) is 0 Å². The predicted molar refractivity (Wildman–Crippen MR) is 59.3 cm³/mol. The van der Waals surface area contributed by atoms with E-state index in [2.05, 4.69) is 36.9 Å². The quantitative estimate of drug-likeness (QED) is 0.706. The molecule has 0 heterocycles. The predicted octanol–water partition coefficient (Wildman–Crippen LogP) is 3.16. The highest BCUT2D eigenvalue weighted by Crippen LogP contribution is 2.12. The van der Waals surface area contributed by atoms with Crippen LogP contribution in [0.2, 0.25) is 0 Å². The fourth-order valence-corrected chi connectivity index (χ4v) is 1.45. The van der Waals surface area contributed by atoms with Crippen molar-refractivity contribution < 1.29 is 0 Å². The lowest BCUT2D eigenvalue weighted by atomic mass is 10.3. The summed E-state index contributed by atoms with van der Waals surface area (Å²) >= 11 is 1.77. The lowest BCUT2D eigenvalue weighted by Crippen LogP contribution is -2.07. The molecule has 0 atom stereocenters. The van der Waals surface area contributed by atoms with E-state index < -0.39 is 0 Å². The average Bonchev–Trinajstić information content (AvgIpc) is 2.04. The highest BCUT2D eigenvalue weighted by atomic mass is 32.2. The molecule has 2 heteroatoms. The number of rotatable bonds is 5. The molecule has 0 saturated carbocycles. The number of hydrogen-bond acceptors (Lipinski definition) is 2. The Morgan fingerprint density at radius 2 is 1.83 bits per heavy atom. The van der Waals surface area contributed by atoms with Crippen molar-refractivity contribution in [1.82, 2.24) is 5.32 Å². The van der Waals surface area contributed by atoms with Crippen molar-refractivity contribution in [2.45, 2.75) is 27.2 Å². The Balaban J connectivity index is 3.72. The van der Waals surface area contributed by atoms with E-state index >= 15 is 0 Å². The van der Waals surface area contributed by atoms with Crippen molar-refractivity contribution in [3.8, 4) is 0 Å². The molecule has 0 aliphatic rings. The van der Waals surface area contributed by atoms with Crippen molar-refractivity contribution in [2.75, 3.05) is 13.6 Å². The van der Waals surface area contributed by atoms with E-state index in [4.69, 9.17) is 0 Å². The number of thioether (sulfide) groups is 1. The molecule has 0 aromatic rings. The molecule has 0 bridgehead atoms. The molecule has 0 amide bonds. The number of allylic oxidation sites excluding steroid dienone is 1. The third kappa shape index (κ3) is 6.50. The summed E-state index contributed by atoms with van der Waals surface area (Å²) in [7, 11) is 1.97. The first kappa shape index (κ1) is 11.8. The van der Waals surface area contributed by atoms with Gasteiger partial charge in [-0.3, -0.25) is 0 Å². The minimum Gasteiger partial charge on any atom is -0.316 e. The molecular weight excluding hydrogens is 166 g/mol. The molecule has 0 aromatic carbocycles. The van der Waals surface area contributed by atoms with Gasteiger partial charge in [-0.15, -0.1) is 11.8 Å². The summed E-state index contributed by atoms with van der Waals surface area (Å²) in [6.45, 7) is 7.45. The third-order valence-corrected chi connectivity index (χ3v) is 2.63. The lowest BCUT2D eigenvalue weighted by molar-refractivity contribution is 0.882. The van der Waals surface area contributed by atoms with Crippen molar-refractivity contribution in [3.63, 3.8) is 0 Å². The maximum atomic E-state index is 3.12. The van der Waals surface area contributed by atoms with Gasteiger partial charge in [0.15, 0.2) is 0 Å². The molecule has 0 fully saturated rings. The smallest absolute Gasteiger partial charge is 0.0167 e. The maximum Gasteiger partial charge on any atom is 0.0167 e. The topological polar surface area (TPSA) is 12.0 Å². The Morgan fingerprint density at radius 3 is 2.33 bits per heavy atom. The minimum absolute atomic E-state index is 0.978. The van der Waals surface area contributed by atoms with Gasteiger partial charge in [-0.1, -0.05) is 18.1 Å². The monoisotopic (exact) mass is 185 g/mol. The van der Waals surface area contributed by atoms with Crippen molar-refractivity contribution in [2.24, 2.45) is 0 Å². The van der Waals surface area contributed by atoms with Gasteiger partial charge in [0.1, 0.15) is 0 Å². The van der Waals surface area contributed by atoms with Gasteiger partial charge in [0.2, 0.25) is 0 Å². The molecular formula is C10H19NS. The molecule has 1 N–H and O–H groups in total. The molecule has 12 heavy (non-hydrogen) atoms. The van der Waals surface area contributed by atoms with E-state index in [1.54, 1.807) is 11.8 Å². The van der Waals surface area contributed by atoms with Gasteiger partial charge in [0.25, 0.3) is 0 Å². The summed E-state index contributed by atoms with van der Waals surface area (Å²) in [6.07, 6.45) is 1.14. The fourth-order valence-electron chi connectivity index (χ4n) is 0.670. The molecule has 0 aromatic heterocycles. The van der Waals surface area contributed by atoms with E-state index in [1.165, 1.54) is 11.1 Å². The van der Waals surface area contributed by atoms with Crippen LogP contribution >= 0.6 is 11.8 Å². The first-order chi connectivity index (χ1) is 5.70. The van der Waals surface area contributed by atoms with Crippen LogP contribution in [-0.2, 0) is 0 Å². The second-order valence-electron chi connectivity index (χ2n) is 2.95. The summed E-state index contributed by atoms with van der Waals surface area (Å²) in [6, 6.07) is 0. The molecule has 0 aliphatic heterocycles. The molecule has 0 aliphatic carbocycles. The summed E-state index contributed by atoms with van der Waals surface area (Å²) in [5, 5.41) is 7.51. The second-order valence-corrected chi connectivity index (χ2v) is 3.69. The van der Waals surface area contributed by atoms with Gasteiger partial charge in [0, 0.05) is 6.54 Å². The largest absolute Gasteiger partial charge is 0.316 e. The van der Waals surface area contributed by atoms with Crippen LogP contribution < -0.4 is 5.32 Å². The summed E-state index contributed by atoms with van der Waals surface area (Å²) in [4.78, 5) is 0. The Hall–Kier alpha value is -0.210. The van der Waals surface area contributed by atoms with Crippen LogP contribution in [0.1, 0.15) is 27.2 Å². The Labute approximate surface area is 80.3 Å². The van der Waals surface area contributed by atoms with E-state index in [9.17, 15) is 0 Å². The van der Waals surface area contributed by atoms with E-state index in [-0.39, 0.29) is 0 Å². The SMILES string of the molecule is CC/C(C)=C/S/C=C(\C)CNC. The van der Waals surface area contributed by atoms with Gasteiger partial charge < -0.3 is 5.32 Å². The van der Waals surface area contributed by atoms with Crippen molar-refractivity contribution >= 4 is 11.8 Å². The van der Waals surface area contributed by atoms with Crippen LogP contribution in [-0.4, -0.2) is 13.6 Å². The zero-order chi connectivity index (χ0) is 9.40. The molecule has 0 spiro atoms. The number of likely N-dealkylation sites (N-methyl/N-ethyl adjacent to an activating group) is 1. The van der Waals surface area contributed by atoms with Gasteiger partial charge in [-0.25, -0.2) is 0 Å². The molecule has 1 nitrogen and oxygen atoms in total. The van der Waals surface area contributed by atoms with Gasteiger partial charge in [-0.05, 0) is 38.1 Å². The molecule has 0 saturated heterocycles. The van der Waals surface area contributed by atoms with Gasteiger partial charge in [0.05, 0.1) is 0 Å². The highest BCUT2D eigenvalue weighted by molar-refractivity contribution is 8.04. The highest BCUT2D eigenvalue weighted by Gasteiger charge is 1.85. The van der Waals surface area contributed by atoms with Crippen LogP contribution in [0.5, 0.6) is 0 Å². The van der Waals surface area contributed by atoms with Crippen LogP contribution in [0.15, 0.2) is 22.0 Å². The standard InChI is InChI=1S/C10H19NS/c1-5-9(2)7-12-8-10(3)6-11-4/h7-8,11H,5-6H2,1-4H3/b9-7+,10-8+. The maximum absolute atomic E-state index is 3.12. The Morgan fingerprint density at radius 1 is 1.25 bits per heavy atom. The van der Waals surface area contributed by atoms with E-state index in [1.807, 2.05) is 7.05 Å². The molecule has 0 radical (unpaired) electrons. The van der Waals surface area contributed by atoms with Crippen LogP contribution in [0.25, 0.3) is 0 Å². The minimum atomic E-state index is 0.978. The average molecular weight is 185 g/mol. The lowest BCUT2D eigenvalue weighted by Gasteiger charge is -1.97. The van der Waals surface area contributed by atoms with Gasteiger partial charge >= 0.3 is 0 Å². The first-order valence-corrected chi connectivity index (χ1v) is 5.26. The van der Waals surface area contributed by atoms with E-state index in [0.29, 0.717) is 0 Å². The first-order valence-electron chi connectivity index (χ1n) is 4.32. The fraction of sp³-hybridized carbons (Fsp3) is 0.600. The molecule has 0 unspecified atom stereocenters. The molecule has 0 rings (SSSR count). The summed E-state index contributed by atoms with van der Waals surface area (Å²) in [5.74, 6) is 0. The third-order valence-electron chi connectivity index (χ3n) is 1.55. The van der Waals surface area contributed by atoms with Crippen molar-refractivity contribution in [3.05, 3.63) is 22.0 Å². The summed E-state index contributed by atoms with van der Waals surface area (Å²) < 4.78 is 0. The number of nitrogens with one attached hydrogen (secondary N) is 1. The number of hydrogen-bond donors (Lipinski definition) is 1. The summed E-state index contributed by atoms with van der Waals surface area (Å²) in [5.41, 5.74) is 2.82. The zero-order valence-corrected chi connectivity index (χ0v) is 9.29. The van der Waals surface area contributed by atoms with Crippen LogP contribution in [0.4, 0.5) is 0 Å². The normalized spacial score (nSPS) is 13.7. The van der Waals surface area contributed by atoms with E-state index in [0.717, 1.165) is 13.0 Å². The van der Waals surface area contributed by atoms with Gasteiger partial charge in [-0.2, -0.15) is 0 Å². The molecule has 70 valence electrons.